The Kier molecular flexibility index (Phi) is 8.00. The van der Waals surface area contributed by atoms with Gasteiger partial charge in [0.25, 0.3) is 0 Å². The standard InChI is InChI=1S/C16H25BrN2O3/c1-16(2,3)22-15(20)6-9-21-10-8-19(4)12-13-5-7-18-14(17)11-13/h5,7,11H,6,8-10,12H2,1-4H3. The molecule has 0 amide bonds. The van der Waals surface area contributed by atoms with Crippen molar-refractivity contribution in [2.24, 2.45) is 0 Å². The Labute approximate surface area is 141 Å². The van der Waals surface area contributed by atoms with Crippen molar-refractivity contribution < 1.29 is 14.3 Å². The van der Waals surface area contributed by atoms with Gasteiger partial charge in [-0.15, -0.1) is 0 Å². The summed E-state index contributed by atoms with van der Waals surface area (Å²) in [6, 6.07) is 3.99. The number of rotatable bonds is 8. The molecule has 0 radical (unpaired) electrons. The molecule has 22 heavy (non-hydrogen) atoms. The van der Waals surface area contributed by atoms with Gasteiger partial charge in [-0.3, -0.25) is 9.69 Å². The van der Waals surface area contributed by atoms with Crippen molar-refractivity contribution in [3.63, 3.8) is 0 Å². The number of hydrogen-bond donors (Lipinski definition) is 0. The lowest BCUT2D eigenvalue weighted by atomic mass is 10.2. The quantitative estimate of drug-likeness (QED) is 0.398. The predicted molar refractivity (Wildman–Crippen MR) is 89.6 cm³/mol. The fourth-order valence-corrected chi connectivity index (χ4v) is 2.21. The maximum atomic E-state index is 11.5. The SMILES string of the molecule is CN(CCOCCC(=O)OC(C)(C)C)Cc1ccnc(Br)c1. The highest BCUT2D eigenvalue weighted by Crippen LogP contribution is 2.10. The first-order valence-corrected chi connectivity index (χ1v) is 8.14. The molecule has 0 spiro atoms. The van der Waals surface area contributed by atoms with Gasteiger partial charge in [-0.2, -0.15) is 0 Å². The Bertz CT molecular complexity index is 475. The van der Waals surface area contributed by atoms with Crippen LogP contribution < -0.4 is 0 Å². The van der Waals surface area contributed by atoms with Crippen LogP contribution in [0.2, 0.25) is 0 Å². The van der Waals surface area contributed by atoms with Gasteiger partial charge in [0.05, 0.1) is 19.6 Å². The molecule has 124 valence electrons. The van der Waals surface area contributed by atoms with Crippen LogP contribution in [0.5, 0.6) is 0 Å². The third-order valence-corrected chi connectivity index (χ3v) is 3.17. The minimum absolute atomic E-state index is 0.220. The molecular formula is C16H25BrN2O3. The first-order valence-electron chi connectivity index (χ1n) is 7.35. The van der Waals surface area contributed by atoms with Crippen molar-refractivity contribution in [3.8, 4) is 0 Å². The van der Waals surface area contributed by atoms with Crippen LogP contribution >= 0.6 is 15.9 Å². The van der Waals surface area contributed by atoms with Crippen molar-refractivity contribution in [1.82, 2.24) is 9.88 Å². The number of carbonyl (C=O) groups excluding carboxylic acids is 1. The van der Waals surface area contributed by atoms with Gasteiger partial charge in [0.2, 0.25) is 0 Å². The molecule has 0 aromatic carbocycles. The second kappa shape index (κ2) is 9.22. The maximum Gasteiger partial charge on any atom is 0.308 e. The average Bonchev–Trinajstić information content (AvgIpc) is 2.36. The van der Waals surface area contributed by atoms with Gasteiger partial charge >= 0.3 is 5.97 Å². The molecule has 6 heteroatoms. The zero-order valence-corrected chi connectivity index (χ0v) is 15.4. The lowest BCUT2D eigenvalue weighted by molar-refractivity contribution is -0.156. The highest BCUT2D eigenvalue weighted by molar-refractivity contribution is 9.10. The van der Waals surface area contributed by atoms with Crippen molar-refractivity contribution >= 4 is 21.9 Å². The second-order valence-electron chi connectivity index (χ2n) is 6.17. The molecule has 1 aromatic heterocycles. The first-order chi connectivity index (χ1) is 10.3. The molecule has 0 unspecified atom stereocenters. The van der Waals surface area contributed by atoms with Gasteiger partial charge in [0.15, 0.2) is 0 Å². The summed E-state index contributed by atoms with van der Waals surface area (Å²) in [6.45, 7) is 8.19. The van der Waals surface area contributed by atoms with Gasteiger partial charge in [-0.05, 0) is 61.4 Å². The Morgan fingerprint density at radius 1 is 1.36 bits per heavy atom. The summed E-state index contributed by atoms with van der Waals surface area (Å²) in [5.41, 5.74) is 0.758. The molecule has 0 saturated carbocycles. The van der Waals surface area contributed by atoms with Crippen LogP contribution in [0.3, 0.4) is 0 Å². The molecule has 0 aliphatic heterocycles. The van der Waals surface area contributed by atoms with Crippen molar-refractivity contribution in [2.75, 3.05) is 26.8 Å². The summed E-state index contributed by atoms with van der Waals surface area (Å²) in [6.07, 6.45) is 2.07. The highest BCUT2D eigenvalue weighted by atomic mass is 79.9. The van der Waals surface area contributed by atoms with Crippen molar-refractivity contribution in [1.29, 1.82) is 0 Å². The lowest BCUT2D eigenvalue weighted by Gasteiger charge is -2.19. The third kappa shape index (κ3) is 9.12. The van der Waals surface area contributed by atoms with E-state index in [4.69, 9.17) is 9.47 Å². The van der Waals surface area contributed by atoms with Crippen LogP contribution in [-0.2, 0) is 20.8 Å². The van der Waals surface area contributed by atoms with E-state index in [0.717, 1.165) is 17.7 Å². The van der Waals surface area contributed by atoms with Crippen LogP contribution in [0.25, 0.3) is 0 Å². The molecule has 0 atom stereocenters. The van der Waals surface area contributed by atoms with Gasteiger partial charge in [0.1, 0.15) is 10.2 Å². The summed E-state index contributed by atoms with van der Waals surface area (Å²) in [4.78, 5) is 17.8. The van der Waals surface area contributed by atoms with E-state index < -0.39 is 5.60 Å². The Balaban J connectivity index is 2.13. The largest absolute Gasteiger partial charge is 0.460 e. The summed E-state index contributed by atoms with van der Waals surface area (Å²) in [5.74, 6) is -0.220. The summed E-state index contributed by atoms with van der Waals surface area (Å²) >= 11 is 3.36. The van der Waals surface area contributed by atoms with E-state index in [1.165, 1.54) is 5.56 Å². The van der Waals surface area contributed by atoms with E-state index in [9.17, 15) is 4.79 Å². The fraction of sp³-hybridized carbons (Fsp3) is 0.625. The van der Waals surface area contributed by atoms with Crippen LogP contribution in [0.15, 0.2) is 22.9 Å². The lowest BCUT2D eigenvalue weighted by Crippen LogP contribution is -2.25. The zero-order valence-electron chi connectivity index (χ0n) is 13.8. The molecule has 0 bridgehead atoms. The molecule has 1 heterocycles. The van der Waals surface area contributed by atoms with E-state index in [1.807, 2.05) is 40.0 Å². The number of ether oxygens (including phenoxy) is 2. The number of hydrogen-bond acceptors (Lipinski definition) is 5. The van der Waals surface area contributed by atoms with Crippen LogP contribution in [0, 0.1) is 0 Å². The van der Waals surface area contributed by atoms with E-state index in [0.29, 0.717) is 13.2 Å². The normalized spacial score (nSPS) is 11.7. The molecule has 0 aliphatic carbocycles. The van der Waals surface area contributed by atoms with E-state index in [-0.39, 0.29) is 12.4 Å². The number of esters is 1. The Morgan fingerprint density at radius 3 is 2.73 bits per heavy atom. The molecule has 0 N–H and O–H groups in total. The number of halogens is 1. The molecular weight excluding hydrogens is 348 g/mol. The first kappa shape index (κ1) is 19.1. The van der Waals surface area contributed by atoms with Crippen molar-refractivity contribution in [2.45, 2.75) is 39.3 Å². The minimum Gasteiger partial charge on any atom is -0.460 e. The predicted octanol–water partition coefficient (Wildman–Crippen LogP) is 3.02. The molecule has 0 fully saturated rings. The Hall–Kier alpha value is -0.980. The monoisotopic (exact) mass is 372 g/mol. The third-order valence-electron chi connectivity index (χ3n) is 2.73. The van der Waals surface area contributed by atoms with Gasteiger partial charge in [-0.1, -0.05) is 0 Å². The fourth-order valence-electron chi connectivity index (χ4n) is 1.80. The summed E-state index contributed by atoms with van der Waals surface area (Å²) < 4.78 is 11.5. The minimum atomic E-state index is -0.434. The van der Waals surface area contributed by atoms with Gasteiger partial charge < -0.3 is 9.47 Å². The number of aromatic nitrogens is 1. The zero-order chi connectivity index (χ0) is 16.6. The number of pyridine rings is 1. The van der Waals surface area contributed by atoms with Gasteiger partial charge in [-0.25, -0.2) is 4.98 Å². The number of likely N-dealkylation sites (N-methyl/N-ethyl adjacent to an activating group) is 1. The van der Waals surface area contributed by atoms with Crippen LogP contribution in [0.4, 0.5) is 0 Å². The maximum absolute atomic E-state index is 11.5. The molecule has 0 saturated heterocycles. The van der Waals surface area contributed by atoms with Crippen LogP contribution in [0.1, 0.15) is 32.8 Å². The van der Waals surface area contributed by atoms with E-state index in [2.05, 4.69) is 25.8 Å². The second-order valence-corrected chi connectivity index (χ2v) is 6.99. The topological polar surface area (TPSA) is 51.7 Å². The summed E-state index contributed by atoms with van der Waals surface area (Å²) in [5, 5.41) is 0. The highest BCUT2D eigenvalue weighted by Gasteiger charge is 2.15. The van der Waals surface area contributed by atoms with Crippen molar-refractivity contribution in [3.05, 3.63) is 28.5 Å². The molecule has 5 nitrogen and oxygen atoms in total. The smallest absolute Gasteiger partial charge is 0.308 e. The van der Waals surface area contributed by atoms with Crippen LogP contribution in [-0.4, -0.2) is 48.3 Å². The number of nitrogens with zero attached hydrogens (tertiary/aromatic N) is 2. The Morgan fingerprint density at radius 2 is 2.09 bits per heavy atom. The molecule has 0 aliphatic rings. The van der Waals surface area contributed by atoms with Gasteiger partial charge in [0, 0.05) is 19.3 Å². The molecule has 1 aromatic rings. The number of carbonyl (C=O) groups is 1. The summed E-state index contributed by atoms with van der Waals surface area (Å²) in [7, 11) is 2.03. The average molecular weight is 373 g/mol. The molecule has 1 rings (SSSR count). The van der Waals surface area contributed by atoms with E-state index >= 15 is 0 Å². The van der Waals surface area contributed by atoms with E-state index in [1.54, 1.807) is 6.20 Å².